The van der Waals surface area contributed by atoms with Crippen molar-refractivity contribution in [1.29, 1.82) is 0 Å². The Morgan fingerprint density at radius 2 is 1.73 bits per heavy atom. The maximum atomic E-state index is 9.61. The molecular formula is C11H20N2O2. The van der Waals surface area contributed by atoms with Crippen LogP contribution in [0.4, 0.5) is 0 Å². The summed E-state index contributed by atoms with van der Waals surface area (Å²) in [5.41, 5.74) is 0.852. The highest BCUT2D eigenvalue weighted by Gasteiger charge is 2.18. The summed E-state index contributed by atoms with van der Waals surface area (Å²) in [5.74, 6) is 9.11. The standard InChI is InChI=1S/C11H16O2.H4N2/c1-11(2,3)9-7-8(13-4)5-6-10(9)12;1-2/h5-7,12H,1-4H3;1-2H2. The van der Waals surface area contributed by atoms with Gasteiger partial charge in [0.1, 0.15) is 11.5 Å². The zero-order valence-corrected chi connectivity index (χ0v) is 9.74. The van der Waals surface area contributed by atoms with Crippen molar-refractivity contribution in [2.45, 2.75) is 26.2 Å². The molecule has 0 saturated heterocycles. The number of nitrogens with two attached hydrogens (primary N) is 2. The average Bonchev–Trinajstić information content (AvgIpc) is 2.20. The molecule has 1 aromatic rings. The van der Waals surface area contributed by atoms with Gasteiger partial charge in [0.2, 0.25) is 0 Å². The van der Waals surface area contributed by atoms with Gasteiger partial charge >= 0.3 is 0 Å². The lowest BCUT2D eigenvalue weighted by Gasteiger charge is -2.20. The maximum Gasteiger partial charge on any atom is 0.119 e. The van der Waals surface area contributed by atoms with Crippen LogP contribution in [0.25, 0.3) is 0 Å². The first kappa shape index (κ1) is 13.7. The second kappa shape index (κ2) is 5.58. The van der Waals surface area contributed by atoms with Crippen molar-refractivity contribution in [3.8, 4) is 11.5 Å². The second-order valence-electron chi connectivity index (χ2n) is 4.13. The van der Waals surface area contributed by atoms with E-state index in [1.807, 2.05) is 6.07 Å². The van der Waals surface area contributed by atoms with Gasteiger partial charge in [-0.3, -0.25) is 11.7 Å². The van der Waals surface area contributed by atoms with Crippen molar-refractivity contribution >= 4 is 0 Å². The van der Waals surface area contributed by atoms with E-state index in [1.165, 1.54) is 0 Å². The lowest BCUT2D eigenvalue weighted by atomic mass is 9.86. The van der Waals surface area contributed by atoms with Gasteiger partial charge in [-0.1, -0.05) is 20.8 Å². The van der Waals surface area contributed by atoms with Gasteiger partial charge in [0, 0.05) is 5.56 Å². The summed E-state index contributed by atoms with van der Waals surface area (Å²) in [6, 6.07) is 5.29. The van der Waals surface area contributed by atoms with Crippen LogP contribution >= 0.6 is 0 Å². The molecule has 4 nitrogen and oxygen atoms in total. The van der Waals surface area contributed by atoms with Crippen LogP contribution < -0.4 is 16.4 Å². The zero-order chi connectivity index (χ0) is 12.1. The molecule has 86 valence electrons. The molecule has 1 rings (SSSR count). The number of hydrogen-bond acceptors (Lipinski definition) is 4. The van der Waals surface area contributed by atoms with Crippen molar-refractivity contribution in [1.82, 2.24) is 0 Å². The Balaban J connectivity index is 0.000000921. The fraction of sp³-hybridized carbons (Fsp3) is 0.455. The Morgan fingerprint density at radius 3 is 2.13 bits per heavy atom. The quantitative estimate of drug-likeness (QED) is 0.487. The van der Waals surface area contributed by atoms with Crippen LogP contribution in [0.3, 0.4) is 0 Å². The number of ether oxygens (including phenoxy) is 1. The van der Waals surface area contributed by atoms with Crippen molar-refractivity contribution < 1.29 is 9.84 Å². The molecule has 0 saturated carbocycles. The summed E-state index contributed by atoms with van der Waals surface area (Å²) in [5, 5.41) is 9.61. The Kier molecular flexibility index (Phi) is 5.11. The van der Waals surface area contributed by atoms with E-state index >= 15 is 0 Å². The number of methoxy groups -OCH3 is 1. The highest BCUT2D eigenvalue weighted by atomic mass is 16.5. The van der Waals surface area contributed by atoms with Crippen LogP contribution in [-0.4, -0.2) is 12.2 Å². The molecule has 0 unspecified atom stereocenters. The molecule has 15 heavy (non-hydrogen) atoms. The Morgan fingerprint density at radius 1 is 1.20 bits per heavy atom. The van der Waals surface area contributed by atoms with E-state index < -0.39 is 0 Å². The normalized spacial score (nSPS) is 10.3. The molecule has 0 aromatic heterocycles. The maximum absolute atomic E-state index is 9.61. The summed E-state index contributed by atoms with van der Waals surface area (Å²) in [6.07, 6.45) is 0. The summed E-state index contributed by atoms with van der Waals surface area (Å²) in [7, 11) is 1.62. The van der Waals surface area contributed by atoms with Gasteiger partial charge in [-0.2, -0.15) is 0 Å². The second-order valence-corrected chi connectivity index (χ2v) is 4.13. The number of aromatic hydroxyl groups is 1. The molecule has 0 bridgehead atoms. The minimum Gasteiger partial charge on any atom is -0.508 e. The largest absolute Gasteiger partial charge is 0.508 e. The average molecular weight is 212 g/mol. The fourth-order valence-corrected chi connectivity index (χ4v) is 1.24. The van der Waals surface area contributed by atoms with Crippen LogP contribution in [0, 0.1) is 0 Å². The van der Waals surface area contributed by atoms with Crippen LogP contribution in [-0.2, 0) is 5.41 Å². The third kappa shape index (κ3) is 3.77. The van der Waals surface area contributed by atoms with Gasteiger partial charge < -0.3 is 9.84 Å². The molecular weight excluding hydrogens is 192 g/mol. The molecule has 0 spiro atoms. The number of hydrazine groups is 1. The lowest BCUT2D eigenvalue weighted by molar-refractivity contribution is 0.405. The van der Waals surface area contributed by atoms with E-state index in [-0.39, 0.29) is 5.41 Å². The molecule has 5 N–H and O–H groups in total. The first-order chi connectivity index (χ1) is 6.95. The van der Waals surface area contributed by atoms with E-state index in [2.05, 4.69) is 32.5 Å². The predicted octanol–water partition coefficient (Wildman–Crippen LogP) is 1.52. The van der Waals surface area contributed by atoms with Gasteiger partial charge in [0.05, 0.1) is 7.11 Å². The molecule has 0 atom stereocenters. The number of hydrogen-bond donors (Lipinski definition) is 3. The van der Waals surface area contributed by atoms with Gasteiger partial charge in [-0.05, 0) is 23.6 Å². The Bertz CT molecular complexity index is 306. The summed E-state index contributed by atoms with van der Waals surface area (Å²) < 4.78 is 5.09. The molecule has 4 heteroatoms. The van der Waals surface area contributed by atoms with Crippen molar-refractivity contribution in [2.75, 3.05) is 7.11 Å². The van der Waals surface area contributed by atoms with Gasteiger partial charge in [-0.25, -0.2) is 0 Å². The highest BCUT2D eigenvalue weighted by molar-refractivity contribution is 5.43. The lowest BCUT2D eigenvalue weighted by Crippen LogP contribution is -2.11. The van der Waals surface area contributed by atoms with Crippen LogP contribution in [0.15, 0.2) is 18.2 Å². The molecule has 0 aliphatic rings. The molecule has 0 radical (unpaired) electrons. The van der Waals surface area contributed by atoms with E-state index in [4.69, 9.17) is 4.74 Å². The van der Waals surface area contributed by atoms with Crippen LogP contribution in [0.5, 0.6) is 11.5 Å². The molecule has 0 fully saturated rings. The monoisotopic (exact) mass is 212 g/mol. The van der Waals surface area contributed by atoms with E-state index in [0.29, 0.717) is 5.75 Å². The van der Waals surface area contributed by atoms with Crippen molar-refractivity contribution in [3.05, 3.63) is 23.8 Å². The van der Waals surface area contributed by atoms with E-state index in [1.54, 1.807) is 19.2 Å². The van der Waals surface area contributed by atoms with E-state index in [9.17, 15) is 5.11 Å². The van der Waals surface area contributed by atoms with E-state index in [0.717, 1.165) is 11.3 Å². The van der Waals surface area contributed by atoms with Crippen molar-refractivity contribution in [2.24, 2.45) is 11.7 Å². The summed E-state index contributed by atoms with van der Waals surface area (Å²) in [4.78, 5) is 0. The van der Waals surface area contributed by atoms with Gasteiger partial charge in [0.25, 0.3) is 0 Å². The molecule has 1 aromatic carbocycles. The molecule has 0 amide bonds. The van der Waals surface area contributed by atoms with Crippen LogP contribution in [0.2, 0.25) is 0 Å². The van der Waals surface area contributed by atoms with Crippen molar-refractivity contribution in [3.63, 3.8) is 0 Å². The third-order valence-electron chi connectivity index (χ3n) is 2.01. The predicted molar refractivity (Wildman–Crippen MR) is 61.7 cm³/mol. The minimum atomic E-state index is -0.0569. The smallest absolute Gasteiger partial charge is 0.119 e. The Labute approximate surface area is 90.8 Å². The van der Waals surface area contributed by atoms with Gasteiger partial charge in [0.15, 0.2) is 0 Å². The topological polar surface area (TPSA) is 81.5 Å². The first-order valence-electron chi connectivity index (χ1n) is 4.66. The number of benzene rings is 1. The Hall–Kier alpha value is -1.26. The number of phenols is 1. The van der Waals surface area contributed by atoms with Crippen LogP contribution in [0.1, 0.15) is 26.3 Å². The zero-order valence-electron chi connectivity index (χ0n) is 9.74. The fourth-order valence-electron chi connectivity index (χ4n) is 1.24. The summed E-state index contributed by atoms with van der Waals surface area (Å²) in [6.45, 7) is 6.17. The first-order valence-corrected chi connectivity index (χ1v) is 4.66. The molecule has 0 aliphatic carbocycles. The molecule has 0 heterocycles. The van der Waals surface area contributed by atoms with Gasteiger partial charge in [-0.15, -0.1) is 0 Å². The SMILES string of the molecule is COc1ccc(O)c(C(C)(C)C)c1.NN. The summed E-state index contributed by atoms with van der Waals surface area (Å²) >= 11 is 0. The highest BCUT2D eigenvalue weighted by Crippen LogP contribution is 2.33. The molecule has 0 aliphatic heterocycles. The number of rotatable bonds is 1. The third-order valence-corrected chi connectivity index (χ3v) is 2.01. The number of phenolic OH excluding ortho intramolecular Hbond substituents is 1. The minimum absolute atomic E-state index is 0.0569.